The third-order valence-corrected chi connectivity index (χ3v) is 4.32. The minimum atomic E-state index is -0.105. The number of halogens is 1. The van der Waals surface area contributed by atoms with Gasteiger partial charge in [0.25, 0.3) is 0 Å². The average Bonchev–Trinajstić information content (AvgIpc) is 2.57. The van der Waals surface area contributed by atoms with Crippen LogP contribution in [0, 0.1) is 11.7 Å². The summed E-state index contributed by atoms with van der Waals surface area (Å²) in [6.07, 6.45) is 8.15. The molecule has 1 nitrogen and oxygen atoms in total. The Bertz CT molecular complexity index is 394. The van der Waals surface area contributed by atoms with Crippen molar-refractivity contribution in [2.45, 2.75) is 51.1 Å². The topological polar surface area (TPSA) is 12.0 Å². The fourth-order valence-electron chi connectivity index (χ4n) is 3.43. The number of benzene rings is 1. The summed E-state index contributed by atoms with van der Waals surface area (Å²) in [4.78, 5) is 0. The van der Waals surface area contributed by atoms with E-state index in [2.05, 4.69) is 5.32 Å². The van der Waals surface area contributed by atoms with Crippen molar-refractivity contribution in [1.82, 2.24) is 5.32 Å². The maximum Gasteiger partial charge on any atom is 0.123 e. The van der Waals surface area contributed by atoms with E-state index >= 15 is 0 Å². The van der Waals surface area contributed by atoms with Crippen LogP contribution in [-0.2, 0) is 6.54 Å². The van der Waals surface area contributed by atoms with Gasteiger partial charge in [0.05, 0.1) is 0 Å². The Morgan fingerprint density at radius 1 is 1.06 bits per heavy atom. The standard InChI is InChI=1S/C15H20FN/c16-13-7-8-14-12(9-13)10-17-15(14)11-5-3-1-2-4-6-11/h7-9,11,15,17H,1-6,10H2. The summed E-state index contributed by atoms with van der Waals surface area (Å²) < 4.78 is 13.2. The molecule has 1 aliphatic heterocycles. The lowest BCUT2D eigenvalue weighted by Crippen LogP contribution is -2.21. The second-order valence-electron chi connectivity index (χ2n) is 5.45. The second kappa shape index (κ2) is 4.77. The van der Waals surface area contributed by atoms with Gasteiger partial charge in [-0.25, -0.2) is 4.39 Å². The lowest BCUT2D eigenvalue weighted by Gasteiger charge is -2.23. The van der Waals surface area contributed by atoms with Gasteiger partial charge in [0.15, 0.2) is 0 Å². The summed E-state index contributed by atoms with van der Waals surface area (Å²) in [7, 11) is 0. The van der Waals surface area contributed by atoms with Crippen LogP contribution in [0.3, 0.4) is 0 Å². The largest absolute Gasteiger partial charge is 0.306 e. The number of hydrogen-bond donors (Lipinski definition) is 1. The minimum absolute atomic E-state index is 0.105. The van der Waals surface area contributed by atoms with E-state index < -0.39 is 0 Å². The molecule has 1 aromatic rings. The molecule has 0 amide bonds. The van der Waals surface area contributed by atoms with Crippen molar-refractivity contribution in [2.75, 3.05) is 0 Å². The second-order valence-corrected chi connectivity index (χ2v) is 5.45. The molecule has 1 aliphatic carbocycles. The fourth-order valence-corrected chi connectivity index (χ4v) is 3.43. The Balaban J connectivity index is 1.82. The Morgan fingerprint density at radius 3 is 2.59 bits per heavy atom. The van der Waals surface area contributed by atoms with Crippen LogP contribution >= 0.6 is 0 Å². The summed E-state index contributed by atoms with van der Waals surface area (Å²) >= 11 is 0. The number of hydrogen-bond acceptors (Lipinski definition) is 1. The fraction of sp³-hybridized carbons (Fsp3) is 0.600. The molecule has 2 aliphatic rings. The van der Waals surface area contributed by atoms with Gasteiger partial charge in [0, 0.05) is 12.6 Å². The molecular formula is C15H20FN. The lowest BCUT2D eigenvalue weighted by molar-refractivity contribution is 0.342. The summed E-state index contributed by atoms with van der Waals surface area (Å²) in [5.74, 6) is 0.649. The van der Waals surface area contributed by atoms with E-state index in [9.17, 15) is 4.39 Å². The van der Waals surface area contributed by atoms with E-state index in [1.165, 1.54) is 49.7 Å². The molecule has 2 heteroatoms. The third-order valence-electron chi connectivity index (χ3n) is 4.32. The first kappa shape index (κ1) is 11.2. The van der Waals surface area contributed by atoms with Crippen LogP contribution in [0.25, 0.3) is 0 Å². The molecule has 0 spiro atoms. The Hall–Kier alpha value is -0.890. The molecular weight excluding hydrogens is 213 g/mol. The molecule has 1 heterocycles. The number of rotatable bonds is 1. The molecule has 1 fully saturated rings. The van der Waals surface area contributed by atoms with Crippen molar-refractivity contribution in [3.05, 3.63) is 35.1 Å². The van der Waals surface area contributed by atoms with Crippen LogP contribution in [0.5, 0.6) is 0 Å². The zero-order chi connectivity index (χ0) is 11.7. The number of fused-ring (bicyclic) bond motifs is 1. The van der Waals surface area contributed by atoms with Crippen LogP contribution in [0.4, 0.5) is 4.39 Å². The molecule has 17 heavy (non-hydrogen) atoms. The summed E-state index contributed by atoms with van der Waals surface area (Å²) in [5.41, 5.74) is 2.51. The van der Waals surface area contributed by atoms with Crippen LogP contribution in [0.15, 0.2) is 18.2 Å². The number of nitrogens with one attached hydrogen (secondary N) is 1. The Kier molecular flexibility index (Phi) is 3.15. The molecule has 1 atom stereocenters. The van der Waals surface area contributed by atoms with E-state index in [1.807, 2.05) is 6.07 Å². The zero-order valence-corrected chi connectivity index (χ0v) is 10.2. The minimum Gasteiger partial charge on any atom is -0.306 e. The summed E-state index contributed by atoms with van der Waals surface area (Å²) in [6.45, 7) is 0.842. The highest BCUT2D eigenvalue weighted by atomic mass is 19.1. The van der Waals surface area contributed by atoms with E-state index in [0.717, 1.165) is 12.5 Å². The van der Waals surface area contributed by atoms with Gasteiger partial charge in [0.1, 0.15) is 5.82 Å². The van der Waals surface area contributed by atoms with Gasteiger partial charge in [-0.2, -0.15) is 0 Å². The molecule has 0 radical (unpaired) electrons. The van der Waals surface area contributed by atoms with E-state index in [1.54, 1.807) is 12.1 Å². The van der Waals surface area contributed by atoms with Crippen molar-refractivity contribution in [3.8, 4) is 0 Å². The van der Waals surface area contributed by atoms with Gasteiger partial charge in [-0.3, -0.25) is 0 Å². The van der Waals surface area contributed by atoms with E-state index in [4.69, 9.17) is 0 Å². The summed E-state index contributed by atoms with van der Waals surface area (Å²) in [5, 5.41) is 3.58. The van der Waals surface area contributed by atoms with Gasteiger partial charge in [-0.05, 0) is 42.0 Å². The molecule has 1 aromatic carbocycles. The van der Waals surface area contributed by atoms with Crippen molar-refractivity contribution in [3.63, 3.8) is 0 Å². The molecule has 0 saturated heterocycles. The predicted molar refractivity (Wildman–Crippen MR) is 67.2 cm³/mol. The Labute approximate surface area is 102 Å². The molecule has 1 unspecified atom stereocenters. The SMILES string of the molecule is Fc1ccc2c(c1)CNC2C1CCCCCC1. The molecule has 1 N–H and O–H groups in total. The van der Waals surface area contributed by atoms with E-state index in [-0.39, 0.29) is 5.82 Å². The van der Waals surface area contributed by atoms with Gasteiger partial charge in [0.2, 0.25) is 0 Å². The highest BCUT2D eigenvalue weighted by Gasteiger charge is 2.29. The first-order chi connectivity index (χ1) is 8.34. The smallest absolute Gasteiger partial charge is 0.123 e. The van der Waals surface area contributed by atoms with Crippen molar-refractivity contribution in [2.24, 2.45) is 5.92 Å². The highest BCUT2D eigenvalue weighted by Crippen LogP contribution is 2.38. The van der Waals surface area contributed by atoms with Crippen molar-refractivity contribution in [1.29, 1.82) is 0 Å². The van der Waals surface area contributed by atoms with Crippen LogP contribution < -0.4 is 5.32 Å². The molecule has 0 bridgehead atoms. The maximum atomic E-state index is 13.2. The monoisotopic (exact) mass is 233 g/mol. The predicted octanol–water partition coefficient (Wildman–Crippen LogP) is 3.94. The first-order valence-electron chi connectivity index (χ1n) is 6.86. The first-order valence-corrected chi connectivity index (χ1v) is 6.86. The van der Waals surface area contributed by atoms with Gasteiger partial charge in [-0.15, -0.1) is 0 Å². The maximum absolute atomic E-state index is 13.2. The lowest BCUT2D eigenvalue weighted by atomic mass is 9.88. The molecule has 92 valence electrons. The van der Waals surface area contributed by atoms with Crippen LogP contribution in [-0.4, -0.2) is 0 Å². The molecule has 1 saturated carbocycles. The van der Waals surface area contributed by atoms with Crippen LogP contribution in [0.2, 0.25) is 0 Å². The van der Waals surface area contributed by atoms with E-state index in [0.29, 0.717) is 6.04 Å². The summed E-state index contributed by atoms with van der Waals surface area (Å²) in [6, 6.07) is 5.76. The Morgan fingerprint density at radius 2 is 1.82 bits per heavy atom. The zero-order valence-electron chi connectivity index (χ0n) is 10.2. The van der Waals surface area contributed by atoms with Crippen molar-refractivity contribution >= 4 is 0 Å². The van der Waals surface area contributed by atoms with Crippen LogP contribution in [0.1, 0.15) is 55.7 Å². The van der Waals surface area contributed by atoms with Gasteiger partial charge in [-0.1, -0.05) is 31.7 Å². The molecule has 3 rings (SSSR count). The average molecular weight is 233 g/mol. The van der Waals surface area contributed by atoms with Gasteiger partial charge >= 0.3 is 0 Å². The highest BCUT2D eigenvalue weighted by molar-refractivity contribution is 5.34. The van der Waals surface area contributed by atoms with Gasteiger partial charge < -0.3 is 5.32 Å². The quantitative estimate of drug-likeness (QED) is 0.724. The molecule has 0 aromatic heterocycles. The normalized spacial score (nSPS) is 25.6. The third kappa shape index (κ3) is 2.23. The van der Waals surface area contributed by atoms with Crippen molar-refractivity contribution < 1.29 is 4.39 Å².